The van der Waals surface area contributed by atoms with Gasteiger partial charge in [-0.05, 0) is 18.6 Å². The lowest BCUT2D eigenvalue weighted by molar-refractivity contribution is -0.0685. The maximum Gasteiger partial charge on any atom is 0.134 e. The minimum atomic E-state index is -0.203. The van der Waals surface area contributed by atoms with Crippen LogP contribution in [0.5, 0.6) is 0 Å². The summed E-state index contributed by atoms with van der Waals surface area (Å²) in [6.45, 7) is 4.19. The van der Waals surface area contributed by atoms with Crippen molar-refractivity contribution in [2.24, 2.45) is 5.41 Å². The van der Waals surface area contributed by atoms with Gasteiger partial charge in [0.15, 0.2) is 0 Å². The largest absolute Gasteiger partial charge is 0.461 e. The molecule has 0 saturated heterocycles. The molecular formula is C14H16O2. The van der Waals surface area contributed by atoms with Gasteiger partial charge in [0.2, 0.25) is 0 Å². The highest BCUT2D eigenvalue weighted by Crippen LogP contribution is 2.53. The molecule has 0 radical (unpaired) electrons. The molecule has 1 aromatic carbocycles. The Kier molecular flexibility index (Phi) is 1.93. The first-order chi connectivity index (χ1) is 7.59. The first-order valence-electron chi connectivity index (χ1n) is 5.75. The predicted octanol–water partition coefficient (Wildman–Crippen LogP) is 3.31. The number of para-hydroxylation sites is 1. The molecule has 1 N–H and O–H groups in total. The smallest absolute Gasteiger partial charge is 0.134 e. The van der Waals surface area contributed by atoms with Gasteiger partial charge >= 0.3 is 0 Å². The summed E-state index contributed by atoms with van der Waals surface area (Å²) in [7, 11) is 0. The molecular weight excluding hydrogens is 200 g/mol. The van der Waals surface area contributed by atoms with Crippen molar-refractivity contribution in [2.45, 2.75) is 32.3 Å². The molecule has 1 fully saturated rings. The van der Waals surface area contributed by atoms with Crippen molar-refractivity contribution in [2.75, 3.05) is 0 Å². The Balaban J connectivity index is 2.02. The van der Waals surface area contributed by atoms with Crippen LogP contribution in [0.1, 0.15) is 31.9 Å². The van der Waals surface area contributed by atoms with E-state index >= 15 is 0 Å². The highest BCUT2D eigenvalue weighted by molar-refractivity contribution is 5.77. The molecule has 0 amide bonds. The molecule has 2 aromatic rings. The van der Waals surface area contributed by atoms with Gasteiger partial charge in [-0.15, -0.1) is 0 Å². The number of furan rings is 1. The van der Waals surface area contributed by atoms with Gasteiger partial charge in [0.05, 0.1) is 6.10 Å². The fourth-order valence-electron chi connectivity index (χ4n) is 2.56. The number of benzene rings is 1. The van der Waals surface area contributed by atoms with E-state index in [1.165, 1.54) is 0 Å². The fourth-order valence-corrected chi connectivity index (χ4v) is 2.56. The Labute approximate surface area is 94.9 Å². The third-order valence-corrected chi connectivity index (χ3v) is 4.00. The molecule has 1 aromatic heterocycles. The highest BCUT2D eigenvalue weighted by Gasteiger charge is 2.49. The average Bonchev–Trinajstić information content (AvgIpc) is 2.68. The second kappa shape index (κ2) is 3.11. The summed E-state index contributed by atoms with van der Waals surface area (Å²) in [5.41, 5.74) is 0.878. The van der Waals surface area contributed by atoms with E-state index in [1.54, 1.807) is 0 Å². The zero-order valence-corrected chi connectivity index (χ0v) is 9.60. The van der Waals surface area contributed by atoms with Gasteiger partial charge in [-0.2, -0.15) is 0 Å². The lowest BCUT2D eigenvalue weighted by Crippen LogP contribution is -2.47. The van der Waals surface area contributed by atoms with Gasteiger partial charge in [-0.25, -0.2) is 0 Å². The monoisotopic (exact) mass is 216 g/mol. The molecule has 16 heavy (non-hydrogen) atoms. The maximum atomic E-state index is 9.74. The third-order valence-electron chi connectivity index (χ3n) is 4.00. The van der Waals surface area contributed by atoms with Crippen LogP contribution in [0.4, 0.5) is 0 Å². The van der Waals surface area contributed by atoms with Crippen molar-refractivity contribution in [1.82, 2.24) is 0 Å². The molecule has 1 heterocycles. The van der Waals surface area contributed by atoms with Crippen LogP contribution >= 0.6 is 0 Å². The Morgan fingerprint density at radius 2 is 2.06 bits per heavy atom. The Morgan fingerprint density at radius 3 is 2.69 bits per heavy atom. The molecule has 2 atom stereocenters. The van der Waals surface area contributed by atoms with Crippen molar-refractivity contribution in [3.63, 3.8) is 0 Å². The van der Waals surface area contributed by atoms with Crippen LogP contribution in [0.25, 0.3) is 11.0 Å². The number of rotatable bonds is 1. The van der Waals surface area contributed by atoms with E-state index < -0.39 is 0 Å². The normalized spacial score (nSPS) is 27.9. The van der Waals surface area contributed by atoms with Gasteiger partial charge in [0.1, 0.15) is 11.3 Å². The van der Waals surface area contributed by atoms with Gasteiger partial charge < -0.3 is 9.52 Å². The fraction of sp³-hybridized carbons (Fsp3) is 0.429. The molecule has 0 aliphatic heterocycles. The van der Waals surface area contributed by atoms with E-state index in [4.69, 9.17) is 4.42 Å². The molecule has 0 bridgehead atoms. The zero-order valence-electron chi connectivity index (χ0n) is 9.60. The van der Waals surface area contributed by atoms with Gasteiger partial charge in [-0.1, -0.05) is 32.0 Å². The number of hydrogen-bond acceptors (Lipinski definition) is 2. The van der Waals surface area contributed by atoms with Gasteiger partial charge in [0, 0.05) is 16.7 Å². The van der Waals surface area contributed by atoms with Crippen molar-refractivity contribution in [1.29, 1.82) is 0 Å². The average molecular weight is 216 g/mol. The molecule has 1 aliphatic rings. The van der Waals surface area contributed by atoms with Crippen LogP contribution < -0.4 is 0 Å². The molecule has 0 spiro atoms. The lowest BCUT2D eigenvalue weighted by atomic mass is 9.59. The van der Waals surface area contributed by atoms with Crippen molar-refractivity contribution in [3.05, 3.63) is 36.1 Å². The van der Waals surface area contributed by atoms with E-state index in [0.717, 1.165) is 23.2 Å². The van der Waals surface area contributed by atoms with Crippen molar-refractivity contribution < 1.29 is 9.52 Å². The lowest BCUT2D eigenvalue weighted by Gasteiger charge is -2.48. The summed E-state index contributed by atoms with van der Waals surface area (Å²) in [6, 6.07) is 10.2. The SMILES string of the molecule is CC1(C)C(O)CC1c1cc2ccccc2o1. The minimum Gasteiger partial charge on any atom is -0.461 e. The first kappa shape index (κ1) is 9.91. The summed E-state index contributed by atoms with van der Waals surface area (Å²) in [5, 5.41) is 10.9. The maximum absolute atomic E-state index is 9.74. The third kappa shape index (κ3) is 1.23. The van der Waals surface area contributed by atoms with Crippen LogP contribution in [0.15, 0.2) is 34.7 Å². The van der Waals surface area contributed by atoms with Crippen LogP contribution in [-0.4, -0.2) is 11.2 Å². The van der Waals surface area contributed by atoms with E-state index in [0.29, 0.717) is 5.92 Å². The van der Waals surface area contributed by atoms with Gasteiger partial charge in [-0.3, -0.25) is 0 Å². The molecule has 3 rings (SSSR count). The van der Waals surface area contributed by atoms with Crippen LogP contribution in [0, 0.1) is 5.41 Å². The predicted molar refractivity (Wildman–Crippen MR) is 63.4 cm³/mol. The van der Waals surface area contributed by atoms with E-state index in [-0.39, 0.29) is 11.5 Å². The number of aliphatic hydroxyl groups is 1. The Bertz CT molecular complexity index is 491. The molecule has 1 saturated carbocycles. The van der Waals surface area contributed by atoms with Crippen LogP contribution in [0.3, 0.4) is 0 Å². The summed E-state index contributed by atoms with van der Waals surface area (Å²) < 4.78 is 5.84. The standard InChI is InChI=1S/C14H16O2/c1-14(2)10(8-13(14)15)12-7-9-5-3-4-6-11(9)16-12/h3-7,10,13,15H,8H2,1-2H3. The molecule has 2 unspecified atom stereocenters. The summed E-state index contributed by atoms with van der Waals surface area (Å²) in [4.78, 5) is 0. The minimum absolute atomic E-state index is 0.0616. The number of fused-ring (bicyclic) bond motifs is 1. The summed E-state index contributed by atoms with van der Waals surface area (Å²) >= 11 is 0. The first-order valence-corrected chi connectivity index (χ1v) is 5.75. The van der Waals surface area contributed by atoms with E-state index in [1.807, 2.05) is 18.2 Å². The molecule has 84 valence electrons. The number of hydrogen-bond donors (Lipinski definition) is 1. The molecule has 2 nitrogen and oxygen atoms in total. The number of aliphatic hydroxyl groups excluding tert-OH is 1. The summed E-state index contributed by atoms with van der Waals surface area (Å²) in [6.07, 6.45) is 0.609. The van der Waals surface area contributed by atoms with Gasteiger partial charge in [0.25, 0.3) is 0 Å². The molecule has 1 aliphatic carbocycles. The highest BCUT2D eigenvalue weighted by atomic mass is 16.3. The quantitative estimate of drug-likeness (QED) is 0.793. The second-order valence-corrected chi connectivity index (χ2v) is 5.31. The van der Waals surface area contributed by atoms with E-state index in [9.17, 15) is 5.11 Å². The second-order valence-electron chi connectivity index (χ2n) is 5.31. The van der Waals surface area contributed by atoms with Crippen LogP contribution in [0.2, 0.25) is 0 Å². The van der Waals surface area contributed by atoms with Crippen molar-refractivity contribution in [3.8, 4) is 0 Å². The van der Waals surface area contributed by atoms with Crippen molar-refractivity contribution >= 4 is 11.0 Å². The zero-order chi connectivity index (χ0) is 11.3. The Morgan fingerprint density at radius 1 is 1.31 bits per heavy atom. The summed E-state index contributed by atoms with van der Waals surface area (Å²) in [5.74, 6) is 1.35. The van der Waals surface area contributed by atoms with Crippen LogP contribution in [-0.2, 0) is 0 Å². The topological polar surface area (TPSA) is 33.4 Å². The van der Waals surface area contributed by atoms with E-state index in [2.05, 4.69) is 26.0 Å². The Hall–Kier alpha value is -1.28. The molecule has 2 heteroatoms.